The Kier molecular flexibility index (Phi) is 4.26. The normalized spacial score (nSPS) is 12.7. The number of benzene rings is 1. The summed E-state index contributed by atoms with van der Waals surface area (Å²) in [4.78, 5) is 3.97. The second-order valence-corrected chi connectivity index (χ2v) is 4.91. The fraction of sp³-hybridized carbons (Fsp3) is 0.333. The first-order chi connectivity index (χ1) is 9.02. The van der Waals surface area contributed by atoms with E-state index in [1.807, 2.05) is 6.92 Å². The van der Waals surface area contributed by atoms with Crippen LogP contribution in [0, 0.1) is 11.6 Å². The van der Waals surface area contributed by atoms with Crippen LogP contribution in [0.1, 0.15) is 24.4 Å². The van der Waals surface area contributed by atoms with Gasteiger partial charge in [0.2, 0.25) is 0 Å². The van der Waals surface area contributed by atoms with Gasteiger partial charge in [0.25, 0.3) is 0 Å². The zero-order valence-electron chi connectivity index (χ0n) is 10.1. The van der Waals surface area contributed by atoms with E-state index in [2.05, 4.69) is 26.0 Å². The van der Waals surface area contributed by atoms with Crippen LogP contribution in [0.4, 0.5) is 8.78 Å². The molecule has 0 aliphatic carbocycles. The molecule has 102 valence electrons. The third-order valence-electron chi connectivity index (χ3n) is 2.75. The van der Waals surface area contributed by atoms with E-state index in [1.165, 1.54) is 6.33 Å². The summed E-state index contributed by atoms with van der Waals surface area (Å²) in [6.45, 7) is 2.44. The molecule has 0 fully saturated rings. The smallest absolute Gasteiger partial charge is 0.138 e. The van der Waals surface area contributed by atoms with E-state index in [-0.39, 0.29) is 16.5 Å². The second-order valence-electron chi connectivity index (χ2n) is 4.00. The van der Waals surface area contributed by atoms with E-state index in [0.29, 0.717) is 12.4 Å². The van der Waals surface area contributed by atoms with Gasteiger partial charge in [-0.1, -0.05) is 15.9 Å². The monoisotopic (exact) mass is 331 g/mol. The van der Waals surface area contributed by atoms with E-state index in [4.69, 9.17) is 0 Å². The number of aliphatic hydroxyl groups excluding tert-OH is 1. The van der Waals surface area contributed by atoms with Gasteiger partial charge in [0.15, 0.2) is 0 Å². The summed E-state index contributed by atoms with van der Waals surface area (Å²) in [5, 5.41) is 13.9. The molecule has 0 radical (unpaired) electrons. The van der Waals surface area contributed by atoms with Crippen molar-refractivity contribution in [1.29, 1.82) is 0 Å². The van der Waals surface area contributed by atoms with Crippen molar-refractivity contribution in [1.82, 2.24) is 14.8 Å². The zero-order valence-corrected chi connectivity index (χ0v) is 11.7. The number of aryl methyl sites for hydroxylation is 1. The lowest BCUT2D eigenvalue weighted by Gasteiger charge is -2.13. The highest BCUT2D eigenvalue weighted by Gasteiger charge is 2.21. The summed E-state index contributed by atoms with van der Waals surface area (Å²) in [6.07, 6.45) is 0.0472. The van der Waals surface area contributed by atoms with Gasteiger partial charge in [0, 0.05) is 17.4 Å². The predicted molar refractivity (Wildman–Crippen MR) is 68.4 cm³/mol. The molecule has 4 nitrogen and oxygen atoms in total. The third kappa shape index (κ3) is 2.98. The molecule has 1 atom stereocenters. The number of rotatable bonds is 4. The van der Waals surface area contributed by atoms with E-state index in [0.717, 1.165) is 12.1 Å². The average Bonchev–Trinajstić information content (AvgIpc) is 2.74. The lowest BCUT2D eigenvalue weighted by molar-refractivity contribution is 0.164. The fourth-order valence-corrected chi connectivity index (χ4v) is 2.26. The topological polar surface area (TPSA) is 50.9 Å². The Labute approximate surface area is 117 Å². The van der Waals surface area contributed by atoms with Gasteiger partial charge >= 0.3 is 0 Å². The van der Waals surface area contributed by atoms with Crippen molar-refractivity contribution in [2.75, 3.05) is 0 Å². The summed E-state index contributed by atoms with van der Waals surface area (Å²) in [6, 6.07) is 2.23. The van der Waals surface area contributed by atoms with Crippen LogP contribution in [0.3, 0.4) is 0 Å². The molecule has 1 aromatic heterocycles. The summed E-state index contributed by atoms with van der Waals surface area (Å²) in [5.41, 5.74) is -0.353. The van der Waals surface area contributed by atoms with Crippen LogP contribution in [0.25, 0.3) is 0 Å². The molecule has 19 heavy (non-hydrogen) atoms. The standard InChI is InChI=1S/C12H12BrF2N3O/c1-2-18-11(16-6-17-18)5-10(19)12-8(14)3-7(13)4-9(12)15/h3-4,6,10,19H,2,5H2,1H3. The van der Waals surface area contributed by atoms with Crippen LogP contribution in [-0.4, -0.2) is 19.9 Å². The molecule has 0 amide bonds. The van der Waals surface area contributed by atoms with Crippen LogP contribution in [0.5, 0.6) is 0 Å². The van der Waals surface area contributed by atoms with Gasteiger partial charge in [-0.15, -0.1) is 0 Å². The average molecular weight is 332 g/mol. The number of hydrogen-bond acceptors (Lipinski definition) is 3. The first kappa shape index (κ1) is 14.1. The Balaban J connectivity index is 2.28. The molecule has 0 saturated carbocycles. The lowest BCUT2D eigenvalue weighted by atomic mass is 10.0. The van der Waals surface area contributed by atoms with Crippen LogP contribution >= 0.6 is 15.9 Å². The van der Waals surface area contributed by atoms with Crippen molar-refractivity contribution in [2.24, 2.45) is 0 Å². The minimum absolute atomic E-state index is 0.00329. The van der Waals surface area contributed by atoms with Crippen molar-refractivity contribution < 1.29 is 13.9 Å². The van der Waals surface area contributed by atoms with Crippen molar-refractivity contribution >= 4 is 15.9 Å². The van der Waals surface area contributed by atoms with Crippen LogP contribution < -0.4 is 0 Å². The molecule has 1 unspecified atom stereocenters. The minimum Gasteiger partial charge on any atom is -0.388 e. The summed E-state index contributed by atoms with van der Waals surface area (Å²) < 4.78 is 29.3. The van der Waals surface area contributed by atoms with E-state index >= 15 is 0 Å². The van der Waals surface area contributed by atoms with Gasteiger partial charge in [-0.3, -0.25) is 4.68 Å². The molecule has 0 spiro atoms. The van der Waals surface area contributed by atoms with E-state index in [1.54, 1.807) is 4.68 Å². The second kappa shape index (κ2) is 5.75. The lowest BCUT2D eigenvalue weighted by Crippen LogP contribution is -2.12. The van der Waals surface area contributed by atoms with Crippen molar-refractivity contribution in [2.45, 2.75) is 26.0 Å². The maximum Gasteiger partial charge on any atom is 0.138 e. The van der Waals surface area contributed by atoms with Crippen LogP contribution in [0.15, 0.2) is 22.9 Å². The van der Waals surface area contributed by atoms with Crippen molar-refractivity contribution in [3.63, 3.8) is 0 Å². The highest BCUT2D eigenvalue weighted by molar-refractivity contribution is 9.10. The summed E-state index contributed by atoms with van der Waals surface area (Å²) in [7, 11) is 0. The molecule has 0 aliphatic rings. The van der Waals surface area contributed by atoms with E-state index < -0.39 is 17.7 Å². The molecule has 0 bridgehead atoms. The number of aliphatic hydroxyl groups is 1. The molecule has 2 aromatic rings. The summed E-state index contributed by atoms with van der Waals surface area (Å²) >= 11 is 2.99. The van der Waals surface area contributed by atoms with E-state index in [9.17, 15) is 13.9 Å². The molecule has 2 rings (SSSR count). The van der Waals surface area contributed by atoms with Gasteiger partial charge < -0.3 is 5.11 Å². The number of halogens is 3. The van der Waals surface area contributed by atoms with Gasteiger partial charge in [-0.05, 0) is 19.1 Å². The Morgan fingerprint density at radius 1 is 1.37 bits per heavy atom. The SMILES string of the molecule is CCn1ncnc1CC(O)c1c(F)cc(Br)cc1F. The highest BCUT2D eigenvalue weighted by Crippen LogP contribution is 2.26. The Morgan fingerprint density at radius 2 is 2.00 bits per heavy atom. The summed E-state index contributed by atoms with van der Waals surface area (Å²) in [5.74, 6) is -1.10. The Hall–Kier alpha value is -1.34. The molecule has 0 saturated heterocycles. The van der Waals surface area contributed by atoms with Gasteiger partial charge in [-0.25, -0.2) is 13.8 Å². The zero-order chi connectivity index (χ0) is 14.0. The maximum atomic E-state index is 13.7. The van der Waals surface area contributed by atoms with Crippen molar-refractivity contribution in [3.05, 3.63) is 46.0 Å². The number of aromatic nitrogens is 3. The van der Waals surface area contributed by atoms with Gasteiger partial charge in [-0.2, -0.15) is 5.10 Å². The molecule has 1 aromatic carbocycles. The molecule has 7 heteroatoms. The minimum atomic E-state index is -1.30. The van der Waals surface area contributed by atoms with Gasteiger partial charge in [0.05, 0.1) is 11.7 Å². The molecule has 0 aliphatic heterocycles. The number of nitrogens with zero attached hydrogens (tertiary/aromatic N) is 3. The molecular formula is C12H12BrF2N3O. The van der Waals surface area contributed by atoms with Crippen LogP contribution in [-0.2, 0) is 13.0 Å². The third-order valence-corrected chi connectivity index (χ3v) is 3.21. The highest BCUT2D eigenvalue weighted by atomic mass is 79.9. The first-order valence-corrected chi connectivity index (χ1v) is 6.51. The van der Waals surface area contributed by atoms with Gasteiger partial charge in [0.1, 0.15) is 23.8 Å². The maximum absolute atomic E-state index is 13.7. The largest absolute Gasteiger partial charge is 0.388 e. The molecular weight excluding hydrogens is 320 g/mol. The molecule has 1 N–H and O–H groups in total. The van der Waals surface area contributed by atoms with Crippen molar-refractivity contribution in [3.8, 4) is 0 Å². The predicted octanol–water partition coefficient (Wildman–Crippen LogP) is 2.61. The molecule has 1 heterocycles. The van der Waals surface area contributed by atoms with Crippen LogP contribution in [0.2, 0.25) is 0 Å². The Morgan fingerprint density at radius 3 is 2.58 bits per heavy atom. The fourth-order valence-electron chi connectivity index (χ4n) is 1.86. The Bertz CT molecular complexity index is 565. The quantitative estimate of drug-likeness (QED) is 0.936. The number of hydrogen-bond donors (Lipinski definition) is 1. The first-order valence-electron chi connectivity index (χ1n) is 5.72.